The molecule has 1 rings (SSSR count). The van der Waals surface area contributed by atoms with Gasteiger partial charge in [-0.25, -0.2) is 0 Å². The second-order valence-electron chi connectivity index (χ2n) is 4.37. The first kappa shape index (κ1) is 21.1. The van der Waals surface area contributed by atoms with Crippen molar-refractivity contribution in [3.8, 4) is 0 Å². The molecular weight excluding hydrogens is 348 g/mol. The van der Waals surface area contributed by atoms with Crippen LogP contribution in [-0.4, -0.2) is 40.5 Å². The molecule has 0 bridgehead atoms. The van der Waals surface area contributed by atoms with Gasteiger partial charge >= 0.3 is 5.97 Å². The first-order chi connectivity index (χ1) is 9.97. The van der Waals surface area contributed by atoms with E-state index in [2.05, 4.69) is 15.5 Å². The third-order valence-electron chi connectivity index (χ3n) is 2.82. The Labute approximate surface area is 144 Å². The number of carbonyl (C=O) groups excluding carboxylic acids is 2. The topological polar surface area (TPSA) is 107 Å². The molecule has 22 heavy (non-hydrogen) atoms. The molecule has 0 spiro atoms. The Morgan fingerprint density at radius 3 is 2.68 bits per heavy atom. The van der Waals surface area contributed by atoms with Crippen LogP contribution in [0.25, 0.3) is 0 Å². The Morgan fingerprint density at radius 1 is 1.41 bits per heavy atom. The second kappa shape index (κ2) is 10.8. The summed E-state index contributed by atoms with van der Waals surface area (Å²) in [5.74, 6) is -0.317. The normalized spacial score (nSPS) is 12.9. The molecule has 3 N–H and O–H groups in total. The number of hydrogen-bond donors (Lipinski definition) is 2. The summed E-state index contributed by atoms with van der Waals surface area (Å²) in [6.45, 7) is 6.00. The Morgan fingerprint density at radius 2 is 2.09 bits per heavy atom. The third kappa shape index (κ3) is 6.91. The number of thioether (sulfide) groups is 1. The van der Waals surface area contributed by atoms with Gasteiger partial charge in [0, 0.05) is 0 Å². The molecule has 7 nitrogen and oxygen atoms in total. The fourth-order valence-electron chi connectivity index (χ4n) is 1.34. The van der Waals surface area contributed by atoms with Gasteiger partial charge in [-0.2, -0.15) is 0 Å². The Balaban J connectivity index is 0.00000441. The van der Waals surface area contributed by atoms with Gasteiger partial charge in [-0.3, -0.25) is 14.9 Å². The van der Waals surface area contributed by atoms with Crippen molar-refractivity contribution in [2.75, 3.05) is 17.7 Å². The Kier molecular flexibility index (Phi) is 10.3. The van der Waals surface area contributed by atoms with Gasteiger partial charge in [-0.15, -0.1) is 22.6 Å². The van der Waals surface area contributed by atoms with Crippen LogP contribution in [-0.2, 0) is 14.3 Å². The molecule has 2 atom stereocenters. The zero-order chi connectivity index (χ0) is 15.8. The van der Waals surface area contributed by atoms with Crippen molar-refractivity contribution in [3.63, 3.8) is 0 Å². The smallest absolute Gasteiger partial charge is 0.316 e. The van der Waals surface area contributed by atoms with Gasteiger partial charge in [-0.05, 0) is 12.8 Å². The molecule has 1 aromatic rings. The molecule has 0 saturated carbocycles. The van der Waals surface area contributed by atoms with Crippen LogP contribution >= 0.6 is 35.5 Å². The van der Waals surface area contributed by atoms with Crippen molar-refractivity contribution in [2.24, 2.45) is 11.7 Å². The molecule has 1 amide bonds. The summed E-state index contributed by atoms with van der Waals surface area (Å²) in [7, 11) is 0. The third-order valence-corrected chi connectivity index (χ3v) is 4.76. The predicted molar refractivity (Wildman–Crippen MR) is 90.6 cm³/mol. The largest absolute Gasteiger partial charge is 0.465 e. The molecule has 2 unspecified atom stereocenters. The van der Waals surface area contributed by atoms with Crippen LogP contribution in [0, 0.1) is 5.92 Å². The summed E-state index contributed by atoms with van der Waals surface area (Å²) in [5, 5.41) is 10.8. The maximum absolute atomic E-state index is 11.9. The maximum atomic E-state index is 11.9. The van der Waals surface area contributed by atoms with E-state index in [-0.39, 0.29) is 36.0 Å². The van der Waals surface area contributed by atoms with E-state index in [1.807, 2.05) is 13.8 Å². The lowest BCUT2D eigenvalue weighted by Crippen LogP contribution is -2.40. The van der Waals surface area contributed by atoms with Gasteiger partial charge < -0.3 is 10.5 Å². The molecule has 1 aromatic heterocycles. The standard InChI is InChI=1S/C12H20N4O3S2.ClH/c1-4-7(3)9(13)10(18)14-11-15-16-12(21-11)20-6-8(17)19-5-2;/h7,9H,4-6,13H2,1-3H3,(H,14,15,18);1H. The Bertz CT molecular complexity index is 487. The van der Waals surface area contributed by atoms with Gasteiger partial charge in [0.1, 0.15) is 0 Å². The molecule has 0 aliphatic rings. The fourth-order valence-corrected chi connectivity index (χ4v) is 2.90. The number of ether oxygens (including phenoxy) is 1. The minimum Gasteiger partial charge on any atom is -0.465 e. The molecule has 0 aliphatic carbocycles. The van der Waals surface area contributed by atoms with E-state index in [4.69, 9.17) is 10.5 Å². The number of esters is 1. The number of amides is 1. The van der Waals surface area contributed by atoms with E-state index in [9.17, 15) is 9.59 Å². The fraction of sp³-hybridized carbons (Fsp3) is 0.667. The highest BCUT2D eigenvalue weighted by Gasteiger charge is 2.20. The maximum Gasteiger partial charge on any atom is 0.316 e. The minimum atomic E-state index is -0.575. The molecule has 0 saturated heterocycles. The van der Waals surface area contributed by atoms with Gasteiger partial charge in [0.25, 0.3) is 0 Å². The quantitative estimate of drug-likeness (QED) is 0.410. The lowest BCUT2D eigenvalue weighted by atomic mass is 10.00. The van der Waals surface area contributed by atoms with E-state index in [1.165, 1.54) is 23.1 Å². The van der Waals surface area contributed by atoms with Crippen molar-refractivity contribution in [2.45, 2.75) is 37.6 Å². The summed E-state index contributed by atoms with van der Waals surface area (Å²) in [5.41, 5.74) is 5.84. The van der Waals surface area contributed by atoms with Crippen molar-refractivity contribution in [1.29, 1.82) is 0 Å². The van der Waals surface area contributed by atoms with Crippen LogP contribution in [0.3, 0.4) is 0 Å². The SMILES string of the molecule is CCOC(=O)CSc1nnc(NC(=O)C(N)C(C)CC)s1.Cl. The number of anilines is 1. The lowest BCUT2D eigenvalue weighted by Gasteiger charge is -2.16. The number of aromatic nitrogens is 2. The van der Waals surface area contributed by atoms with Crippen molar-refractivity contribution >= 4 is 52.5 Å². The molecule has 126 valence electrons. The molecule has 10 heteroatoms. The minimum absolute atomic E-state index is 0. The van der Waals surface area contributed by atoms with Crippen LogP contribution < -0.4 is 11.1 Å². The van der Waals surface area contributed by atoms with Crippen molar-refractivity contribution in [1.82, 2.24) is 10.2 Å². The lowest BCUT2D eigenvalue weighted by molar-refractivity contribution is -0.139. The first-order valence-corrected chi connectivity index (χ1v) is 8.46. The summed E-state index contributed by atoms with van der Waals surface area (Å²) in [4.78, 5) is 23.1. The molecule has 0 radical (unpaired) electrons. The summed E-state index contributed by atoms with van der Waals surface area (Å²) in [6.07, 6.45) is 0.825. The summed E-state index contributed by atoms with van der Waals surface area (Å²) in [6, 6.07) is -0.575. The van der Waals surface area contributed by atoms with Gasteiger partial charge in [0.05, 0.1) is 18.4 Å². The molecule has 0 aromatic carbocycles. The summed E-state index contributed by atoms with van der Waals surface area (Å²) >= 11 is 2.43. The number of halogens is 1. The van der Waals surface area contributed by atoms with Crippen LogP contribution in [0.2, 0.25) is 0 Å². The number of nitrogens with one attached hydrogen (secondary N) is 1. The van der Waals surface area contributed by atoms with Crippen LogP contribution in [0.1, 0.15) is 27.2 Å². The molecular formula is C12H21ClN4O3S2. The number of rotatable bonds is 8. The monoisotopic (exact) mass is 368 g/mol. The molecule has 1 heterocycles. The zero-order valence-corrected chi connectivity index (χ0v) is 15.1. The average molecular weight is 369 g/mol. The first-order valence-electron chi connectivity index (χ1n) is 6.66. The molecule has 0 aliphatic heterocycles. The van der Waals surface area contributed by atoms with Crippen molar-refractivity contribution in [3.05, 3.63) is 0 Å². The van der Waals surface area contributed by atoms with E-state index < -0.39 is 6.04 Å². The summed E-state index contributed by atoms with van der Waals surface area (Å²) < 4.78 is 5.41. The van der Waals surface area contributed by atoms with Crippen LogP contribution in [0.15, 0.2) is 4.34 Å². The van der Waals surface area contributed by atoms with E-state index in [0.29, 0.717) is 16.1 Å². The average Bonchev–Trinajstić information content (AvgIpc) is 2.91. The highest BCUT2D eigenvalue weighted by atomic mass is 35.5. The molecule has 0 fully saturated rings. The van der Waals surface area contributed by atoms with E-state index in [0.717, 1.165) is 6.42 Å². The van der Waals surface area contributed by atoms with Gasteiger partial charge in [0.2, 0.25) is 11.0 Å². The Hall–Kier alpha value is -0.900. The highest BCUT2D eigenvalue weighted by molar-refractivity contribution is 8.01. The van der Waals surface area contributed by atoms with Crippen LogP contribution in [0.5, 0.6) is 0 Å². The van der Waals surface area contributed by atoms with Gasteiger partial charge in [0.15, 0.2) is 4.34 Å². The highest BCUT2D eigenvalue weighted by Crippen LogP contribution is 2.25. The van der Waals surface area contributed by atoms with E-state index in [1.54, 1.807) is 6.92 Å². The predicted octanol–water partition coefficient (Wildman–Crippen LogP) is 1.93. The van der Waals surface area contributed by atoms with Crippen LogP contribution in [0.4, 0.5) is 5.13 Å². The number of nitrogens with two attached hydrogens (primary N) is 1. The second-order valence-corrected chi connectivity index (χ2v) is 6.57. The number of carbonyl (C=O) groups is 2. The van der Waals surface area contributed by atoms with Gasteiger partial charge in [-0.1, -0.05) is 43.4 Å². The zero-order valence-electron chi connectivity index (χ0n) is 12.7. The number of hydrogen-bond acceptors (Lipinski definition) is 8. The van der Waals surface area contributed by atoms with Crippen molar-refractivity contribution < 1.29 is 14.3 Å². The van der Waals surface area contributed by atoms with E-state index >= 15 is 0 Å². The number of nitrogens with zero attached hydrogens (tertiary/aromatic N) is 2.